The molecule has 2 heterocycles. The van der Waals surface area contributed by atoms with Gasteiger partial charge in [0.25, 0.3) is 0 Å². The van der Waals surface area contributed by atoms with Crippen molar-refractivity contribution in [2.24, 2.45) is 5.92 Å². The zero-order valence-electron chi connectivity index (χ0n) is 14.5. The summed E-state index contributed by atoms with van der Waals surface area (Å²) in [4.78, 5) is 16.9. The molecular weight excluding hydrogens is 308 g/mol. The number of anilines is 1. The fourth-order valence-corrected chi connectivity index (χ4v) is 3.42. The minimum atomic E-state index is 0.140. The number of nitrogens with zero attached hydrogens (tertiary/aromatic N) is 2. The zero-order valence-corrected chi connectivity index (χ0v) is 14.5. The van der Waals surface area contributed by atoms with Gasteiger partial charge in [-0.1, -0.05) is 0 Å². The second-order valence-corrected chi connectivity index (χ2v) is 6.24. The predicted octanol–water partition coefficient (Wildman–Crippen LogP) is 1.78. The Hall–Kier alpha value is -1.95. The minimum Gasteiger partial charge on any atom is -0.497 e. The van der Waals surface area contributed by atoms with E-state index in [9.17, 15) is 4.79 Å². The number of benzene rings is 1. The molecule has 2 aliphatic rings. The summed E-state index contributed by atoms with van der Waals surface area (Å²) in [6, 6.07) is 5.86. The first kappa shape index (κ1) is 16.9. The second-order valence-electron chi connectivity index (χ2n) is 6.24. The summed E-state index contributed by atoms with van der Waals surface area (Å²) in [7, 11) is 3.32. The van der Waals surface area contributed by atoms with E-state index in [1.165, 1.54) is 0 Å². The number of piperazine rings is 1. The van der Waals surface area contributed by atoms with Gasteiger partial charge in [0.1, 0.15) is 11.5 Å². The Bertz CT molecular complexity index is 564. The maximum Gasteiger partial charge on any atom is 0.225 e. The predicted molar refractivity (Wildman–Crippen MR) is 91.9 cm³/mol. The molecule has 2 saturated heterocycles. The molecule has 0 atom stereocenters. The fourth-order valence-electron chi connectivity index (χ4n) is 3.42. The molecule has 6 heteroatoms. The lowest BCUT2D eigenvalue weighted by Crippen LogP contribution is -2.51. The van der Waals surface area contributed by atoms with Crippen LogP contribution in [0, 0.1) is 5.92 Å². The second kappa shape index (κ2) is 7.75. The Kier molecular flexibility index (Phi) is 5.45. The average molecular weight is 334 g/mol. The van der Waals surface area contributed by atoms with Gasteiger partial charge in [-0.2, -0.15) is 0 Å². The van der Waals surface area contributed by atoms with Crippen LogP contribution in [0.25, 0.3) is 0 Å². The van der Waals surface area contributed by atoms with Gasteiger partial charge >= 0.3 is 0 Å². The van der Waals surface area contributed by atoms with Gasteiger partial charge in [0.2, 0.25) is 5.91 Å². The van der Waals surface area contributed by atoms with Crippen LogP contribution in [0.5, 0.6) is 11.5 Å². The normalized spacial score (nSPS) is 19.2. The van der Waals surface area contributed by atoms with E-state index in [1.54, 1.807) is 14.2 Å². The third-order valence-corrected chi connectivity index (χ3v) is 4.89. The van der Waals surface area contributed by atoms with Crippen molar-refractivity contribution < 1.29 is 19.0 Å². The highest BCUT2D eigenvalue weighted by atomic mass is 16.5. The molecule has 3 rings (SSSR count). The number of ether oxygens (including phenoxy) is 3. The van der Waals surface area contributed by atoms with E-state index in [0.717, 1.165) is 56.2 Å². The van der Waals surface area contributed by atoms with E-state index in [1.807, 2.05) is 23.1 Å². The number of hydrogen-bond donors (Lipinski definition) is 0. The van der Waals surface area contributed by atoms with Gasteiger partial charge in [0.05, 0.1) is 19.9 Å². The van der Waals surface area contributed by atoms with Gasteiger partial charge in [-0.15, -0.1) is 0 Å². The molecule has 1 amide bonds. The highest BCUT2D eigenvalue weighted by Gasteiger charge is 2.29. The van der Waals surface area contributed by atoms with E-state index < -0.39 is 0 Å². The number of amides is 1. The Morgan fingerprint density at radius 3 is 2.42 bits per heavy atom. The molecule has 0 aromatic heterocycles. The summed E-state index contributed by atoms with van der Waals surface area (Å²) in [5.74, 6) is 2.02. The lowest BCUT2D eigenvalue weighted by Gasteiger charge is -2.38. The fraction of sp³-hybridized carbons (Fsp3) is 0.611. The third kappa shape index (κ3) is 3.59. The molecule has 0 bridgehead atoms. The summed E-state index contributed by atoms with van der Waals surface area (Å²) < 4.78 is 16.1. The van der Waals surface area contributed by atoms with Crippen LogP contribution in [-0.4, -0.2) is 64.4 Å². The number of carbonyl (C=O) groups is 1. The first-order chi connectivity index (χ1) is 11.7. The molecule has 0 unspecified atom stereocenters. The van der Waals surface area contributed by atoms with Crippen molar-refractivity contribution in [3.8, 4) is 11.5 Å². The van der Waals surface area contributed by atoms with Gasteiger partial charge in [0.15, 0.2) is 0 Å². The van der Waals surface area contributed by atoms with Gasteiger partial charge in [-0.05, 0) is 25.0 Å². The maximum absolute atomic E-state index is 12.6. The number of rotatable bonds is 4. The van der Waals surface area contributed by atoms with Crippen molar-refractivity contribution in [1.82, 2.24) is 4.90 Å². The van der Waals surface area contributed by atoms with Crippen molar-refractivity contribution in [2.75, 3.05) is 58.5 Å². The van der Waals surface area contributed by atoms with Gasteiger partial charge in [-0.25, -0.2) is 0 Å². The van der Waals surface area contributed by atoms with Gasteiger partial charge in [-0.3, -0.25) is 4.79 Å². The topological polar surface area (TPSA) is 51.2 Å². The first-order valence-corrected chi connectivity index (χ1v) is 8.56. The van der Waals surface area contributed by atoms with Crippen LogP contribution >= 0.6 is 0 Å². The Morgan fingerprint density at radius 2 is 1.79 bits per heavy atom. The van der Waals surface area contributed by atoms with Crippen LogP contribution in [0.15, 0.2) is 18.2 Å². The lowest BCUT2D eigenvalue weighted by atomic mass is 9.98. The molecule has 2 fully saturated rings. The molecule has 1 aromatic carbocycles. The molecule has 0 saturated carbocycles. The molecule has 6 nitrogen and oxygen atoms in total. The maximum atomic E-state index is 12.6. The minimum absolute atomic E-state index is 0.140. The highest BCUT2D eigenvalue weighted by Crippen LogP contribution is 2.33. The first-order valence-electron chi connectivity index (χ1n) is 8.56. The molecule has 0 aliphatic carbocycles. The van der Waals surface area contributed by atoms with Crippen LogP contribution in [-0.2, 0) is 9.53 Å². The van der Waals surface area contributed by atoms with Crippen molar-refractivity contribution in [2.45, 2.75) is 12.8 Å². The standard InChI is InChI=1S/C18H26N2O4/c1-22-15-3-4-16(17(13-15)23-2)19-7-9-20(10-8-19)18(21)14-5-11-24-12-6-14/h3-4,13-14H,5-12H2,1-2H3. The zero-order chi connectivity index (χ0) is 16.9. The lowest BCUT2D eigenvalue weighted by molar-refractivity contribution is -0.138. The largest absolute Gasteiger partial charge is 0.497 e. The van der Waals surface area contributed by atoms with E-state index in [-0.39, 0.29) is 5.92 Å². The van der Waals surface area contributed by atoms with E-state index >= 15 is 0 Å². The van der Waals surface area contributed by atoms with Crippen molar-refractivity contribution in [3.05, 3.63) is 18.2 Å². The Morgan fingerprint density at radius 1 is 1.08 bits per heavy atom. The van der Waals surface area contributed by atoms with Crippen LogP contribution in [0.1, 0.15) is 12.8 Å². The molecule has 2 aliphatic heterocycles. The Labute approximate surface area is 143 Å². The SMILES string of the molecule is COc1ccc(N2CCN(C(=O)C3CCOCC3)CC2)c(OC)c1. The smallest absolute Gasteiger partial charge is 0.225 e. The van der Waals surface area contributed by atoms with Crippen LogP contribution in [0.4, 0.5) is 5.69 Å². The third-order valence-electron chi connectivity index (χ3n) is 4.89. The molecule has 0 spiro atoms. The summed E-state index contributed by atoms with van der Waals surface area (Å²) >= 11 is 0. The van der Waals surface area contributed by atoms with Crippen molar-refractivity contribution in [1.29, 1.82) is 0 Å². The van der Waals surface area contributed by atoms with Gasteiger partial charge < -0.3 is 24.0 Å². The summed E-state index contributed by atoms with van der Waals surface area (Å²) in [5, 5.41) is 0. The Balaban J connectivity index is 1.61. The molecule has 132 valence electrons. The highest BCUT2D eigenvalue weighted by molar-refractivity contribution is 5.79. The molecule has 24 heavy (non-hydrogen) atoms. The molecule has 0 N–H and O–H groups in total. The quantitative estimate of drug-likeness (QED) is 0.840. The van der Waals surface area contributed by atoms with E-state index in [4.69, 9.17) is 14.2 Å². The van der Waals surface area contributed by atoms with Crippen LogP contribution in [0.2, 0.25) is 0 Å². The van der Waals surface area contributed by atoms with Crippen molar-refractivity contribution in [3.63, 3.8) is 0 Å². The van der Waals surface area contributed by atoms with Crippen LogP contribution < -0.4 is 14.4 Å². The van der Waals surface area contributed by atoms with Crippen LogP contribution in [0.3, 0.4) is 0 Å². The number of methoxy groups -OCH3 is 2. The van der Waals surface area contributed by atoms with Crippen molar-refractivity contribution >= 4 is 11.6 Å². The summed E-state index contributed by atoms with van der Waals surface area (Å²) in [6.07, 6.45) is 1.71. The number of hydrogen-bond acceptors (Lipinski definition) is 5. The number of carbonyl (C=O) groups excluding carboxylic acids is 1. The average Bonchev–Trinajstić information content (AvgIpc) is 2.67. The monoisotopic (exact) mass is 334 g/mol. The van der Waals surface area contributed by atoms with Gasteiger partial charge in [0, 0.05) is 51.4 Å². The van der Waals surface area contributed by atoms with E-state index in [2.05, 4.69) is 4.90 Å². The summed E-state index contributed by atoms with van der Waals surface area (Å²) in [6.45, 7) is 4.56. The van der Waals surface area contributed by atoms with E-state index in [0.29, 0.717) is 19.1 Å². The molecule has 1 aromatic rings. The molecule has 0 radical (unpaired) electrons. The molecular formula is C18H26N2O4. The summed E-state index contributed by atoms with van der Waals surface area (Å²) in [5.41, 5.74) is 1.05.